The van der Waals surface area contributed by atoms with Gasteiger partial charge in [0.25, 0.3) is 11.8 Å². The van der Waals surface area contributed by atoms with Gasteiger partial charge in [-0.2, -0.15) is 13.2 Å². The molecule has 0 fully saturated rings. The van der Waals surface area contributed by atoms with Gasteiger partial charge in [-0.3, -0.25) is 14.4 Å². The number of halogens is 5. The van der Waals surface area contributed by atoms with Crippen molar-refractivity contribution in [2.45, 2.75) is 6.18 Å². The van der Waals surface area contributed by atoms with Gasteiger partial charge in [0.05, 0.1) is 16.1 Å². The normalized spacial score (nSPS) is 10.9. The van der Waals surface area contributed by atoms with Crippen molar-refractivity contribution in [3.63, 3.8) is 0 Å². The van der Waals surface area contributed by atoms with E-state index in [4.69, 9.17) is 23.2 Å². The first-order chi connectivity index (χ1) is 13.6. The van der Waals surface area contributed by atoms with Crippen molar-refractivity contribution in [2.24, 2.45) is 0 Å². The number of hydrogen-bond donors (Lipinski definition) is 2. The van der Waals surface area contributed by atoms with Crippen molar-refractivity contribution in [2.75, 3.05) is 18.5 Å². The molecule has 0 bridgehead atoms. The average Bonchev–Trinajstić information content (AvgIpc) is 2.64. The number of hydrogen-bond acceptors (Lipinski definition) is 4. The van der Waals surface area contributed by atoms with E-state index in [2.05, 4.69) is 15.4 Å². The highest BCUT2D eigenvalue weighted by Gasteiger charge is 2.30. The number of benzene rings is 2. The molecule has 154 valence electrons. The standard InChI is InChI=1S/C18H13Cl2F3N2O4/c19-11-4-5-13(14(20)7-11)17(28)24-8-16(27)29-9-15(26)25-12-3-1-2-10(6-12)18(21,22)23/h1-7H,8-9H2,(H,24,28)(H,25,26). The van der Waals surface area contributed by atoms with E-state index < -0.39 is 42.7 Å². The molecule has 0 saturated carbocycles. The van der Waals surface area contributed by atoms with Crippen LogP contribution in [0.3, 0.4) is 0 Å². The highest BCUT2D eigenvalue weighted by atomic mass is 35.5. The lowest BCUT2D eigenvalue weighted by atomic mass is 10.2. The molecule has 2 aromatic rings. The molecule has 0 unspecified atom stereocenters. The van der Waals surface area contributed by atoms with Crippen LogP contribution in [-0.2, 0) is 20.5 Å². The van der Waals surface area contributed by atoms with E-state index in [0.717, 1.165) is 18.2 Å². The average molecular weight is 449 g/mol. The summed E-state index contributed by atoms with van der Waals surface area (Å²) in [6.07, 6.45) is -4.56. The molecule has 0 aromatic heterocycles. The van der Waals surface area contributed by atoms with Crippen LogP contribution in [0, 0.1) is 0 Å². The molecule has 0 aliphatic carbocycles. The van der Waals surface area contributed by atoms with Gasteiger partial charge in [0.1, 0.15) is 6.54 Å². The second-order valence-corrected chi connectivity index (χ2v) is 6.44. The number of alkyl halides is 3. The zero-order chi connectivity index (χ0) is 21.6. The second kappa shape index (κ2) is 9.62. The highest BCUT2D eigenvalue weighted by molar-refractivity contribution is 6.36. The fraction of sp³-hybridized carbons (Fsp3) is 0.167. The number of nitrogens with one attached hydrogen (secondary N) is 2. The summed E-state index contributed by atoms with van der Waals surface area (Å²) in [4.78, 5) is 35.3. The summed E-state index contributed by atoms with van der Waals surface area (Å²) in [5.74, 6) is -2.43. The summed E-state index contributed by atoms with van der Waals surface area (Å²) in [5, 5.41) is 4.86. The van der Waals surface area contributed by atoms with Crippen molar-refractivity contribution >= 4 is 46.7 Å². The van der Waals surface area contributed by atoms with Gasteiger partial charge in [-0.15, -0.1) is 0 Å². The molecule has 2 aromatic carbocycles. The van der Waals surface area contributed by atoms with Gasteiger partial charge in [-0.25, -0.2) is 0 Å². The van der Waals surface area contributed by atoms with E-state index in [0.29, 0.717) is 5.02 Å². The van der Waals surface area contributed by atoms with Gasteiger partial charge < -0.3 is 15.4 Å². The molecule has 29 heavy (non-hydrogen) atoms. The molecule has 11 heteroatoms. The zero-order valence-electron chi connectivity index (χ0n) is 14.5. The minimum atomic E-state index is -4.56. The van der Waals surface area contributed by atoms with Gasteiger partial charge in [0.2, 0.25) is 0 Å². The van der Waals surface area contributed by atoms with Gasteiger partial charge in [-0.1, -0.05) is 29.3 Å². The number of carbonyl (C=O) groups is 3. The summed E-state index contributed by atoms with van der Waals surface area (Å²) < 4.78 is 42.6. The first-order valence-corrected chi connectivity index (χ1v) is 8.68. The molecule has 0 aliphatic rings. The van der Waals surface area contributed by atoms with E-state index in [-0.39, 0.29) is 16.3 Å². The van der Waals surface area contributed by atoms with Crippen LogP contribution in [0.5, 0.6) is 0 Å². The Kier molecular flexibility index (Phi) is 7.46. The fourth-order valence-electron chi connectivity index (χ4n) is 2.09. The Balaban J connectivity index is 1.80. The van der Waals surface area contributed by atoms with Crippen LogP contribution in [-0.4, -0.2) is 30.9 Å². The largest absolute Gasteiger partial charge is 0.454 e. The van der Waals surface area contributed by atoms with E-state index >= 15 is 0 Å². The summed E-state index contributed by atoms with van der Waals surface area (Å²) in [6.45, 7) is -1.29. The van der Waals surface area contributed by atoms with Crippen LogP contribution in [0.15, 0.2) is 42.5 Å². The highest BCUT2D eigenvalue weighted by Crippen LogP contribution is 2.30. The van der Waals surface area contributed by atoms with Crippen LogP contribution in [0.2, 0.25) is 10.0 Å². The predicted octanol–water partition coefficient (Wildman–Crippen LogP) is 3.92. The zero-order valence-corrected chi connectivity index (χ0v) is 16.0. The van der Waals surface area contributed by atoms with Crippen LogP contribution < -0.4 is 10.6 Å². The van der Waals surface area contributed by atoms with Crippen LogP contribution in [0.25, 0.3) is 0 Å². The molecular formula is C18H13Cl2F3N2O4. The maximum absolute atomic E-state index is 12.6. The van der Waals surface area contributed by atoms with Crippen LogP contribution >= 0.6 is 23.2 Å². The Bertz CT molecular complexity index is 936. The number of anilines is 1. The summed E-state index contributed by atoms with van der Waals surface area (Å²) in [7, 11) is 0. The van der Waals surface area contributed by atoms with Crippen molar-refractivity contribution in [3.8, 4) is 0 Å². The smallest absolute Gasteiger partial charge is 0.416 e. The van der Waals surface area contributed by atoms with Gasteiger partial charge in [-0.05, 0) is 36.4 Å². The summed E-state index contributed by atoms with van der Waals surface area (Å²) in [5.41, 5.74) is -0.950. The third-order valence-electron chi connectivity index (χ3n) is 3.41. The quantitative estimate of drug-likeness (QED) is 0.655. The third kappa shape index (κ3) is 6.95. The Morgan fingerprint density at radius 3 is 2.41 bits per heavy atom. The number of amides is 2. The Labute approximate surface area is 172 Å². The predicted molar refractivity (Wildman–Crippen MR) is 99.8 cm³/mol. The number of ether oxygens (including phenoxy) is 1. The maximum atomic E-state index is 12.6. The Morgan fingerprint density at radius 2 is 1.76 bits per heavy atom. The molecule has 0 radical (unpaired) electrons. The van der Waals surface area contributed by atoms with Gasteiger partial charge >= 0.3 is 12.1 Å². The lowest BCUT2D eigenvalue weighted by Gasteiger charge is -2.10. The molecule has 2 amide bonds. The summed E-state index contributed by atoms with van der Waals surface area (Å²) >= 11 is 11.6. The fourth-order valence-corrected chi connectivity index (χ4v) is 2.58. The Morgan fingerprint density at radius 1 is 1.03 bits per heavy atom. The first kappa shape index (κ1) is 22.5. The molecule has 0 aliphatic heterocycles. The maximum Gasteiger partial charge on any atom is 0.416 e. The van der Waals surface area contributed by atoms with Gasteiger partial charge in [0.15, 0.2) is 6.61 Å². The van der Waals surface area contributed by atoms with E-state index in [1.165, 1.54) is 24.3 Å². The molecule has 2 rings (SSSR count). The number of esters is 1. The van der Waals surface area contributed by atoms with E-state index in [1.54, 1.807) is 0 Å². The van der Waals surface area contributed by atoms with E-state index in [9.17, 15) is 27.6 Å². The number of rotatable bonds is 6. The number of carbonyl (C=O) groups excluding carboxylic acids is 3. The van der Waals surface area contributed by atoms with Crippen LogP contribution in [0.4, 0.5) is 18.9 Å². The topological polar surface area (TPSA) is 84.5 Å². The summed E-state index contributed by atoms with van der Waals surface area (Å²) in [6, 6.07) is 8.15. The molecule has 0 atom stereocenters. The Hall–Kier alpha value is -2.78. The monoisotopic (exact) mass is 448 g/mol. The van der Waals surface area contributed by atoms with Crippen molar-refractivity contribution in [3.05, 3.63) is 63.6 Å². The molecule has 0 saturated heterocycles. The SMILES string of the molecule is O=C(COC(=O)CNC(=O)c1ccc(Cl)cc1Cl)Nc1cccc(C(F)(F)F)c1. The first-order valence-electron chi connectivity index (χ1n) is 7.92. The second-order valence-electron chi connectivity index (χ2n) is 5.59. The molecule has 6 nitrogen and oxygen atoms in total. The molecule has 2 N–H and O–H groups in total. The third-order valence-corrected chi connectivity index (χ3v) is 3.95. The molecular weight excluding hydrogens is 436 g/mol. The van der Waals surface area contributed by atoms with Crippen molar-refractivity contribution in [1.82, 2.24) is 5.32 Å². The lowest BCUT2D eigenvalue weighted by Crippen LogP contribution is -2.32. The minimum Gasteiger partial charge on any atom is -0.454 e. The van der Waals surface area contributed by atoms with Crippen molar-refractivity contribution in [1.29, 1.82) is 0 Å². The van der Waals surface area contributed by atoms with Crippen molar-refractivity contribution < 1.29 is 32.3 Å². The van der Waals surface area contributed by atoms with Crippen LogP contribution in [0.1, 0.15) is 15.9 Å². The molecule has 0 spiro atoms. The lowest BCUT2D eigenvalue weighted by molar-refractivity contribution is -0.146. The van der Waals surface area contributed by atoms with Gasteiger partial charge in [0, 0.05) is 10.7 Å². The molecule has 0 heterocycles. The van der Waals surface area contributed by atoms with E-state index in [1.807, 2.05) is 0 Å². The minimum absolute atomic E-state index is 0.0869.